The third kappa shape index (κ3) is 7.28. The molecule has 0 bridgehead atoms. The number of hydrogen-bond acceptors (Lipinski definition) is 0. The van der Waals surface area contributed by atoms with Crippen molar-refractivity contribution in [3.8, 4) is 0 Å². The van der Waals surface area contributed by atoms with Gasteiger partial charge in [0.25, 0.3) is 0 Å². The molecule has 0 fully saturated rings. The van der Waals surface area contributed by atoms with E-state index in [2.05, 4.69) is 65.8 Å². The number of benzene rings is 1. The quantitative estimate of drug-likeness (QED) is 0.444. The molecule has 0 atom stereocenters. The second-order valence-electron chi connectivity index (χ2n) is 7.00. The predicted octanol–water partition coefficient (Wildman–Crippen LogP) is 6.55. The molecule has 1 rings (SSSR count). The third-order valence-electron chi connectivity index (χ3n) is 3.11. The van der Waals surface area contributed by atoms with Crippen molar-refractivity contribution in [2.75, 3.05) is 0 Å². The summed E-state index contributed by atoms with van der Waals surface area (Å²) in [4.78, 5) is 0. The van der Waals surface area contributed by atoms with E-state index >= 15 is 0 Å². The van der Waals surface area contributed by atoms with Gasteiger partial charge in [0.05, 0.1) is 0 Å². The largest absolute Gasteiger partial charge is 0.505 e. The van der Waals surface area contributed by atoms with Crippen LogP contribution in [0.1, 0.15) is 47.1 Å². The molecule has 0 aliphatic heterocycles. The summed E-state index contributed by atoms with van der Waals surface area (Å²) < 4.78 is 1.36. The average Bonchev–Trinajstić information content (AvgIpc) is 2.28. The van der Waals surface area contributed by atoms with Crippen molar-refractivity contribution in [2.24, 2.45) is 0 Å². The second-order valence-corrected chi connectivity index (χ2v) is 29.8. The molecule has 0 aliphatic rings. The molecule has 1 aromatic carbocycles. The van der Waals surface area contributed by atoms with Crippen LogP contribution in [0, 0.1) is 0 Å². The zero-order valence-corrected chi connectivity index (χ0v) is 20.0. The Morgan fingerprint density at radius 3 is 1.55 bits per heavy atom. The van der Waals surface area contributed by atoms with Gasteiger partial charge in [-0.1, -0.05) is 40.4 Å². The molecule has 0 nitrogen and oxygen atoms in total. The number of rotatable bonds is 2. The molecule has 112 valence electrons. The van der Waals surface area contributed by atoms with Crippen molar-refractivity contribution in [3.63, 3.8) is 0 Å². The summed E-state index contributed by atoms with van der Waals surface area (Å²) in [6, 6.07) is 10.4. The van der Waals surface area contributed by atoms with Crippen molar-refractivity contribution in [1.82, 2.24) is 0 Å². The molecular formula is C15H25Cl3MgSn. The van der Waals surface area contributed by atoms with E-state index in [1.807, 2.05) is 6.07 Å². The van der Waals surface area contributed by atoms with Crippen LogP contribution in [0.2, 0.25) is 6.86 Å². The molecule has 0 aliphatic carbocycles. The van der Waals surface area contributed by atoms with Gasteiger partial charge in [0.2, 0.25) is 0 Å². The Hall–Kier alpha value is 1.65. The van der Waals surface area contributed by atoms with Gasteiger partial charge in [0, 0.05) is 0 Å². The molecule has 20 heavy (non-hydrogen) atoms. The molecule has 0 heterocycles. The maximum atomic E-state index is 6.46. The summed E-state index contributed by atoms with van der Waals surface area (Å²) in [6.07, 6.45) is 0. The summed E-state index contributed by atoms with van der Waals surface area (Å²) in [6.45, 7) is 12.9. The Morgan fingerprint density at radius 1 is 0.900 bits per heavy atom. The minimum Gasteiger partial charge on any atom is -0.345 e. The minimum atomic E-state index is -2.92. The van der Waals surface area contributed by atoms with E-state index in [0.717, 1.165) is 4.55 Å². The van der Waals surface area contributed by atoms with E-state index in [-0.39, 0.29) is 26.1 Å². The summed E-state index contributed by atoms with van der Waals surface area (Å²) in [5.74, 6) is 0. The van der Waals surface area contributed by atoms with E-state index in [1.165, 1.54) is 5.56 Å². The van der Waals surface area contributed by atoms with E-state index in [0.29, 0.717) is 0 Å². The van der Waals surface area contributed by atoms with Gasteiger partial charge in [-0.3, -0.25) is 0 Å². The summed E-state index contributed by atoms with van der Waals surface area (Å²) in [5.41, 5.74) is 1.37. The first-order valence-electron chi connectivity index (χ1n) is 6.91. The van der Waals surface area contributed by atoms with Gasteiger partial charge in [0.1, 0.15) is 0 Å². The fourth-order valence-electron chi connectivity index (χ4n) is 1.88. The summed E-state index contributed by atoms with van der Waals surface area (Å²) in [7, 11) is 18.6. The first-order chi connectivity index (χ1) is 8.93. The fourth-order valence-corrected chi connectivity index (χ4v) is 9.51. The van der Waals surface area contributed by atoms with Gasteiger partial charge >= 0.3 is 102 Å². The van der Waals surface area contributed by atoms with Crippen LogP contribution in [0.15, 0.2) is 30.3 Å². The van der Waals surface area contributed by atoms with Crippen molar-refractivity contribution in [1.29, 1.82) is 0 Å². The van der Waals surface area contributed by atoms with Crippen LogP contribution in [0.4, 0.5) is 0 Å². The first kappa shape index (κ1) is 21.7. The zero-order valence-electron chi connectivity index (χ0n) is 13.4. The van der Waals surface area contributed by atoms with E-state index in [4.69, 9.17) is 26.9 Å². The van der Waals surface area contributed by atoms with Crippen molar-refractivity contribution in [2.45, 2.75) is 53.0 Å². The Morgan fingerprint density at radius 2 is 1.30 bits per heavy atom. The Bertz CT molecular complexity index is 364. The third-order valence-corrected chi connectivity index (χ3v) is 30.4. The topological polar surface area (TPSA) is 0 Å². The van der Waals surface area contributed by atoms with Gasteiger partial charge in [0.15, 0.2) is 0 Å². The molecule has 0 radical (unpaired) electrons. The standard InChI is InChI=1S/C7H7.2C4H9.3ClH.Mg.Sn/c1-7-5-3-2-4-6-7;2*1-4(2)3;;;;;/h2-6H,1H2;2*1-3H3;3*1H;;/q;;;;;;+1;+2/p-3. The van der Waals surface area contributed by atoms with Crippen LogP contribution in [-0.4, -0.2) is 35.4 Å². The minimum absolute atomic E-state index is 0.121. The number of hydrogen-bond donors (Lipinski definition) is 0. The molecule has 0 saturated heterocycles. The number of halogens is 3. The van der Waals surface area contributed by atoms with Gasteiger partial charge in [-0.15, -0.1) is 0 Å². The van der Waals surface area contributed by atoms with Gasteiger partial charge in [-0.25, -0.2) is 0 Å². The average molecular weight is 455 g/mol. The normalized spacial score (nSPS) is 12.2. The maximum absolute atomic E-state index is 6.46. The van der Waals surface area contributed by atoms with Gasteiger partial charge < -0.3 is 9.07 Å². The van der Waals surface area contributed by atoms with Crippen molar-refractivity contribution in [3.05, 3.63) is 35.9 Å². The van der Waals surface area contributed by atoms with Crippen LogP contribution >= 0.6 is 26.9 Å². The molecule has 5 heteroatoms. The van der Waals surface area contributed by atoms with Crippen LogP contribution < -0.4 is 0 Å². The van der Waals surface area contributed by atoms with E-state index in [9.17, 15) is 0 Å². The Kier molecular flexibility index (Phi) is 9.82. The molecule has 0 N–H and O–H groups in total. The molecule has 0 spiro atoms. The van der Waals surface area contributed by atoms with E-state index < -0.39 is 16.1 Å². The molecule has 0 aromatic heterocycles. The summed E-state index contributed by atoms with van der Waals surface area (Å²) in [5, 5.41) is 0. The molecular weight excluding hydrogens is 430 g/mol. The maximum Gasteiger partial charge on any atom is 0.505 e. The predicted molar refractivity (Wildman–Crippen MR) is 98.6 cm³/mol. The molecule has 0 saturated carbocycles. The van der Waals surface area contributed by atoms with Crippen LogP contribution in [0.3, 0.4) is 0 Å². The molecule has 0 unspecified atom stereocenters. The zero-order chi connectivity index (χ0) is 16.0. The summed E-state index contributed by atoms with van der Waals surface area (Å²) >= 11 is -3.23. The fraction of sp³-hybridized carbons (Fsp3) is 0.600. The van der Waals surface area contributed by atoms with Crippen LogP contribution in [0.25, 0.3) is 0 Å². The van der Waals surface area contributed by atoms with Gasteiger partial charge in [-0.05, 0) is 0 Å². The van der Waals surface area contributed by atoms with Crippen LogP contribution in [-0.2, 0) is 4.55 Å². The van der Waals surface area contributed by atoms with Crippen molar-refractivity contribution < 1.29 is 0 Å². The smallest absolute Gasteiger partial charge is 0.345 e. The molecule has 1 aromatic rings. The monoisotopic (exact) mass is 454 g/mol. The van der Waals surface area contributed by atoms with Gasteiger partial charge in [-0.2, -0.15) is 0 Å². The Balaban J connectivity index is 0.000000367. The second kappa shape index (κ2) is 9.07. The Labute approximate surface area is 149 Å². The SMILES string of the molecule is C[C](C)(C)[Sn]([Cl])([Cl])[C](C)(C)C.[Cl][Mg][CH2]c1ccccc1. The van der Waals surface area contributed by atoms with Crippen molar-refractivity contribution >= 4 is 62.3 Å². The van der Waals surface area contributed by atoms with Crippen LogP contribution in [0.5, 0.6) is 0 Å². The first-order valence-corrected chi connectivity index (χ1v) is 20.1. The molecule has 0 amide bonds. The van der Waals surface area contributed by atoms with E-state index in [1.54, 1.807) is 0 Å².